The molecule has 1 aromatic carbocycles. The van der Waals surface area contributed by atoms with Gasteiger partial charge in [-0.1, -0.05) is 23.7 Å². The van der Waals surface area contributed by atoms with E-state index in [4.69, 9.17) is 11.6 Å². The number of rotatable bonds is 5. The molecular formula is C16H16ClN3O. The number of benzene rings is 1. The van der Waals surface area contributed by atoms with Crippen LogP contribution in [0.15, 0.2) is 49.3 Å². The van der Waals surface area contributed by atoms with Gasteiger partial charge in [-0.25, -0.2) is 0 Å². The number of halogens is 1. The third-order valence-corrected chi connectivity index (χ3v) is 3.12. The van der Waals surface area contributed by atoms with Gasteiger partial charge in [-0.3, -0.25) is 9.78 Å². The monoisotopic (exact) mass is 301 g/mol. The first kappa shape index (κ1) is 15.1. The topological polar surface area (TPSA) is 54.0 Å². The zero-order valence-electron chi connectivity index (χ0n) is 11.7. The van der Waals surface area contributed by atoms with Crippen molar-refractivity contribution >= 4 is 28.9 Å². The van der Waals surface area contributed by atoms with Gasteiger partial charge >= 0.3 is 0 Å². The highest BCUT2D eigenvalue weighted by Crippen LogP contribution is 2.24. The lowest BCUT2D eigenvalue weighted by atomic mass is 10.2. The molecule has 0 radical (unpaired) electrons. The fraction of sp³-hybridized carbons (Fsp3) is 0.125. The van der Waals surface area contributed by atoms with E-state index in [1.807, 2.05) is 25.1 Å². The smallest absolute Gasteiger partial charge is 0.253 e. The molecule has 21 heavy (non-hydrogen) atoms. The maximum atomic E-state index is 11.9. The van der Waals surface area contributed by atoms with Crippen LogP contribution in [0.2, 0.25) is 5.02 Å². The Morgan fingerprint density at radius 3 is 2.95 bits per heavy atom. The summed E-state index contributed by atoms with van der Waals surface area (Å²) in [5, 5.41) is 6.58. The molecular weight excluding hydrogens is 286 g/mol. The highest BCUT2D eigenvalue weighted by Gasteiger charge is 2.07. The van der Waals surface area contributed by atoms with E-state index in [1.54, 1.807) is 18.3 Å². The molecule has 4 nitrogen and oxygen atoms in total. The van der Waals surface area contributed by atoms with E-state index in [1.165, 1.54) is 6.20 Å². The first-order valence-corrected chi connectivity index (χ1v) is 6.85. The molecule has 5 heteroatoms. The van der Waals surface area contributed by atoms with Crippen molar-refractivity contribution in [3.05, 3.63) is 65.5 Å². The van der Waals surface area contributed by atoms with Gasteiger partial charge in [-0.15, -0.1) is 6.58 Å². The fourth-order valence-electron chi connectivity index (χ4n) is 1.78. The predicted octanol–water partition coefficient (Wildman–Crippen LogP) is 3.70. The van der Waals surface area contributed by atoms with Crippen LogP contribution < -0.4 is 10.6 Å². The lowest BCUT2D eigenvalue weighted by molar-refractivity contribution is 0.0957. The molecule has 0 spiro atoms. The SMILES string of the molecule is C=CCNC(=O)c1cncc(Nc2cc(Cl)ccc2C)c1. The number of aromatic nitrogens is 1. The van der Waals surface area contributed by atoms with Crippen LogP contribution in [0.1, 0.15) is 15.9 Å². The van der Waals surface area contributed by atoms with E-state index in [0.29, 0.717) is 17.1 Å². The predicted molar refractivity (Wildman–Crippen MR) is 86.2 cm³/mol. The molecule has 2 aromatic rings. The van der Waals surface area contributed by atoms with Crippen LogP contribution in [0.25, 0.3) is 0 Å². The molecule has 0 aliphatic heterocycles. The van der Waals surface area contributed by atoms with Gasteiger partial charge in [0.2, 0.25) is 0 Å². The van der Waals surface area contributed by atoms with Gasteiger partial charge in [0.15, 0.2) is 0 Å². The third kappa shape index (κ3) is 4.07. The fourth-order valence-corrected chi connectivity index (χ4v) is 1.96. The van der Waals surface area contributed by atoms with Crippen molar-refractivity contribution in [2.75, 3.05) is 11.9 Å². The molecule has 2 rings (SSSR count). The molecule has 0 aliphatic rings. The Bertz CT molecular complexity index is 670. The van der Waals surface area contributed by atoms with Crippen LogP contribution in [0, 0.1) is 6.92 Å². The second-order valence-corrected chi connectivity index (χ2v) is 4.98. The Morgan fingerprint density at radius 1 is 1.38 bits per heavy atom. The standard InChI is InChI=1S/C16H16ClN3O/c1-3-6-19-16(21)12-7-14(10-18-9-12)20-15-8-13(17)5-4-11(15)2/h3-5,7-10,20H,1,6H2,2H3,(H,19,21). The van der Waals surface area contributed by atoms with E-state index in [9.17, 15) is 4.79 Å². The minimum atomic E-state index is -0.186. The first-order chi connectivity index (χ1) is 10.1. The van der Waals surface area contributed by atoms with E-state index >= 15 is 0 Å². The minimum Gasteiger partial charge on any atom is -0.354 e. The van der Waals surface area contributed by atoms with E-state index < -0.39 is 0 Å². The van der Waals surface area contributed by atoms with E-state index in [0.717, 1.165) is 16.9 Å². The molecule has 0 unspecified atom stereocenters. The largest absolute Gasteiger partial charge is 0.354 e. The molecule has 1 amide bonds. The van der Waals surface area contributed by atoms with Gasteiger partial charge in [0, 0.05) is 23.5 Å². The molecule has 0 aliphatic carbocycles. The van der Waals surface area contributed by atoms with E-state index in [2.05, 4.69) is 22.2 Å². The van der Waals surface area contributed by atoms with Crippen LogP contribution in [0.5, 0.6) is 0 Å². The Hall–Kier alpha value is -2.33. The summed E-state index contributed by atoms with van der Waals surface area (Å²) < 4.78 is 0. The van der Waals surface area contributed by atoms with E-state index in [-0.39, 0.29) is 5.91 Å². The van der Waals surface area contributed by atoms with Crippen LogP contribution >= 0.6 is 11.6 Å². The molecule has 0 saturated heterocycles. The summed E-state index contributed by atoms with van der Waals surface area (Å²) in [6.07, 6.45) is 4.81. The summed E-state index contributed by atoms with van der Waals surface area (Å²) in [5.74, 6) is -0.186. The average Bonchev–Trinajstić information content (AvgIpc) is 2.49. The molecule has 0 bridgehead atoms. The van der Waals surface area contributed by atoms with Crippen molar-refractivity contribution in [1.82, 2.24) is 10.3 Å². The zero-order chi connectivity index (χ0) is 15.2. The number of pyridine rings is 1. The molecule has 108 valence electrons. The average molecular weight is 302 g/mol. The lowest BCUT2D eigenvalue weighted by Crippen LogP contribution is -2.23. The van der Waals surface area contributed by atoms with Crippen LogP contribution in [-0.4, -0.2) is 17.4 Å². The molecule has 1 aromatic heterocycles. The summed E-state index contributed by atoms with van der Waals surface area (Å²) in [7, 11) is 0. The number of anilines is 2. The van der Waals surface area contributed by atoms with Gasteiger partial charge in [0.25, 0.3) is 5.91 Å². The Labute approximate surface area is 128 Å². The lowest BCUT2D eigenvalue weighted by Gasteiger charge is -2.10. The second kappa shape index (κ2) is 6.90. The first-order valence-electron chi connectivity index (χ1n) is 6.47. The van der Waals surface area contributed by atoms with Gasteiger partial charge in [-0.2, -0.15) is 0 Å². The Balaban J connectivity index is 2.19. The van der Waals surface area contributed by atoms with Crippen molar-refractivity contribution in [3.8, 4) is 0 Å². The highest BCUT2D eigenvalue weighted by atomic mass is 35.5. The Kier molecular flexibility index (Phi) is 4.95. The van der Waals surface area contributed by atoms with Gasteiger partial charge in [0.05, 0.1) is 17.4 Å². The summed E-state index contributed by atoms with van der Waals surface area (Å²) in [4.78, 5) is 16.0. The van der Waals surface area contributed by atoms with Crippen LogP contribution in [0.4, 0.5) is 11.4 Å². The molecule has 1 heterocycles. The van der Waals surface area contributed by atoms with Crippen molar-refractivity contribution in [3.63, 3.8) is 0 Å². The second-order valence-electron chi connectivity index (χ2n) is 4.55. The summed E-state index contributed by atoms with van der Waals surface area (Å²) in [6, 6.07) is 7.34. The number of aryl methyl sites for hydroxylation is 1. The van der Waals surface area contributed by atoms with Gasteiger partial charge < -0.3 is 10.6 Å². The quantitative estimate of drug-likeness (QED) is 0.828. The third-order valence-electron chi connectivity index (χ3n) is 2.89. The Morgan fingerprint density at radius 2 is 2.19 bits per heavy atom. The molecule has 0 saturated carbocycles. The van der Waals surface area contributed by atoms with Crippen molar-refractivity contribution in [2.24, 2.45) is 0 Å². The molecule has 0 atom stereocenters. The number of hydrogen-bond donors (Lipinski definition) is 2. The van der Waals surface area contributed by atoms with Gasteiger partial charge in [0.1, 0.15) is 0 Å². The number of hydrogen-bond acceptors (Lipinski definition) is 3. The summed E-state index contributed by atoms with van der Waals surface area (Å²) in [5.41, 5.74) is 3.15. The number of nitrogens with one attached hydrogen (secondary N) is 2. The number of nitrogens with zero attached hydrogens (tertiary/aromatic N) is 1. The maximum absolute atomic E-state index is 11.9. The minimum absolute atomic E-state index is 0.186. The summed E-state index contributed by atoms with van der Waals surface area (Å²) >= 11 is 5.99. The van der Waals surface area contributed by atoms with Gasteiger partial charge in [-0.05, 0) is 30.7 Å². The van der Waals surface area contributed by atoms with Crippen LogP contribution in [0.3, 0.4) is 0 Å². The van der Waals surface area contributed by atoms with Crippen molar-refractivity contribution in [1.29, 1.82) is 0 Å². The highest BCUT2D eigenvalue weighted by molar-refractivity contribution is 6.30. The summed E-state index contributed by atoms with van der Waals surface area (Å²) in [6.45, 7) is 5.96. The van der Waals surface area contributed by atoms with Crippen LogP contribution in [-0.2, 0) is 0 Å². The molecule has 2 N–H and O–H groups in total. The number of amides is 1. The number of carbonyl (C=O) groups is 1. The maximum Gasteiger partial charge on any atom is 0.253 e. The number of carbonyl (C=O) groups excluding carboxylic acids is 1. The normalized spacial score (nSPS) is 10.0. The molecule has 0 fully saturated rings. The van der Waals surface area contributed by atoms with Crippen molar-refractivity contribution < 1.29 is 4.79 Å². The van der Waals surface area contributed by atoms with Crippen molar-refractivity contribution in [2.45, 2.75) is 6.92 Å². The zero-order valence-corrected chi connectivity index (χ0v) is 12.4.